The Labute approximate surface area is 107 Å². The van der Waals surface area contributed by atoms with Gasteiger partial charge in [0, 0.05) is 18.7 Å². The Hall–Kier alpha value is -1.07. The minimum absolute atomic E-state index is 0.190. The average molecular weight is 258 g/mol. The van der Waals surface area contributed by atoms with Gasteiger partial charge in [-0.3, -0.25) is 0 Å². The van der Waals surface area contributed by atoms with E-state index in [-0.39, 0.29) is 12.0 Å². The number of hydrogen-bond donors (Lipinski definition) is 2. The summed E-state index contributed by atoms with van der Waals surface area (Å²) in [5.41, 5.74) is 5.53. The number of rotatable bonds is 6. The smallest absolute Gasteiger partial charge is 0.223 e. The van der Waals surface area contributed by atoms with Gasteiger partial charge in [0.1, 0.15) is 11.0 Å². The van der Waals surface area contributed by atoms with Gasteiger partial charge in [-0.2, -0.15) is 4.98 Å². The summed E-state index contributed by atoms with van der Waals surface area (Å²) >= 11 is 5.81. The van der Waals surface area contributed by atoms with Crippen molar-refractivity contribution >= 4 is 23.4 Å². The van der Waals surface area contributed by atoms with Crippen LogP contribution in [0.25, 0.3) is 0 Å². The van der Waals surface area contributed by atoms with E-state index in [1.165, 1.54) is 0 Å². The van der Waals surface area contributed by atoms with Crippen molar-refractivity contribution in [2.45, 2.75) is 26.8 Å². The lowest BCUT2D eigenvalue weighted by Crippen LogP contribution is -2.35. The lowest BCUT2D eigenvalue weighted by molar-refractivity contribution is 0.294. The van der Waals surface area contributed by atoms with Gasteiger partial charge in [-0.1, -0.05) is 25.4 Å². The highest BCUT2D eigenvalue weighted by Crippen LogP contribution is 2.13. The molecule has 1 aromatic heterocycles. The maximum absolute atomic E-state index is 5.81. The Bertz CT molecular complexity index is 333. The van der Waals surface area contributed by atoms with Crippen LogP contribution in [-0.4, -0.2) is 40.5 Å². The van der Waals surface area contributed by atoms with E-state index in [0.29, 0.717) is 11.0 Å². The van der Waals surface area contributed by atoms with Crippen molar-refractivity contribution < 1.29 is 0 Å². The molecular weight excluding hydrogens is 238 g/mol. The molecule has 1 rings (SSSR count). The fraction of sp³-hybridized carbons (Fsp3) is 0.636. The van der Waals surface area contributed by atoms with Gasteiger partial charge in [-0.15, -0.1) is 0 Å². The first kappa shape index (κ1) is 14.0. The Morgan fingerprint density at radius 3 is 2.59 bits per heavy atom. The molecule has 1 unspecified atom stereocenters. The number of likely N-dealkylation sites (N-methyl/N-ethyl adjacent to an activating group) is 1. The van der Waals surface area contributed by atoms with E-state index in [1.54, 1.807) is 6.07 Å². The molecule has 1 atom stereocenters. The van der Waals surface area contributed by atoms with Crippen LogP contribution in [0.15, 0.2) is 6.07 Å². The minimum atomic E-state index is 0.190. The van der Waals surface area contributed by atoms with E-state index >= 15 is 0 Å². The summed E-state index contributed by atoms with van der Waals surface area (Å²) in [5, 5.41) is 3.62. The first-order valence-electron chi connectivity index (χ1n) is 5.84. The summed E-state index contributed by atoms with van der Waals surface area (Å²) < 4.78 is 0. The Morgan fingerprint density at radius 2 is 2.06 bits per heavy atom. The summed E-state index contributed by atoms with van der Waals surface area (Å²) in [5.74, 6) is 0.859. The van der Waals surface area contributed by atoms with Crippen LogP contribution >= 0.6 is 11.6 Å². The zero-order valence-corrected chi connectivity index (χ0v) is 11.3. The van der Waals surface area contributed by atoms with Crippen molar-refractivity contribution in [2.75, 3.05) is 30.7 Å². The lowest BCUT2D eigenvalue weighted by atomic mass is 10.3. The zero-order chi connectivity index (χ0) is 12.8. The number of nitrogen functional groups attached to an aromatic ring is 1. The number of hydrogen-bond acceptors (Lipinski definition) is 5. The third-order valence-electron chi connectivity index (χ3n) is 2.53. The van der Waals surface area contributed by atoms with E-state index in [1.807, 2.05) is 0 Å². The van der Waals surface area contributed by atoms with Crippen LogP contribution in [0.3, 0.4) is 0 Å². The first-order valence-corrected chi connectivity index (χ1v) is 6.21. The van der Waals surface area contributed by atoms with E-state index in [9.17, 15) is 0 Å². The Kier molecular flexibility index (Phi) is 5.44. The second-order valence-electron chi connectivity index (χ2n) is 3.97. The predicted octanol–water partition coefficient (Wildman–Crippen LogP) is 1.85. The largest absolute Gasteiger partial charge is 0.368 e. The molecular formula is C11H20ClN5. The first-order chi connectivity index (χ1) is 8.05. The number of aromatic nitrogens is 2. The van der Waals surface area contributed by atoms with Crippen molar-refractivity contribution in [3.05, 3.63) is 11.2 Å². The molecule has 0 aliphatic heterocycles. The van der Waals surface area contributed by atoms with Crippen LogP contribution in [0.4, 0.5) is 11.8 Å². The predicted molar refractivity (Wildman–Crippen MR) is 72.3 cm³/mol. The van der Waals surface area contributed by atoms with Gasteiger partial charge in [-0.25, -0.2) is 4.98 Å². The molecule has 0 amide bonds. The summed E-state index contributed by atoms with van der Waals surface area (Å²) in [6, 6.07) is 1.96. The molecule has 0 aromatic carbocycles. The van der Waals surface area contributed by atoms with Crippen molar-refractivity contribution in [3.63, 3.8) is 0 Å². The molecule has 0 saturated heterocycles. The monoisotopic (exact) mass is 257 g/mol. The molecule has 0 fully saturated rings. The van der Waals surface area contributed by atoms with E-state index in [2.05, 4.69) is 41.0 Å². The zero-order valence-electron chi connectivity index (χ0n) is 10.6. The van der Waals surface area contributed by atoms with Crippen molar-refractivity contribution in [1.29, 1.82) is 0 Å². The van der Waals surface area contributed by atoms with Gasteiger partial charge in [0.05, 0.1) is 0 Å². The second-order valence-corrected chi connectivity index (χ2v) is 4.35. The molecule has 0 aliphatic carbocycles. The molecule has 0 saturated carbocycles. The maximum Gasteiger partial charge on any atom is 0.223 e. The number of anilines is 2. The number of nitrogens with zero attached hydrogens (tertiary/aromatic N) is 3. The molecule has 0 bridgehead atoms. The van der Waals surface area contributed by atoms with Gasteiger partial charge < -0.3 is 16.0 Å². The van der Waals surface area contributed by atoms with Crippen LogP contribution in [0.5, 0.6) is 0 Å². The van der Waals surface area contributed by atoms with Crippen LogP contribution < -0.4 is 11.1 Å². The quantitative estimate of drug-likeness (QED) is 0.762. The second kappa shape index (κ2) is 6.61. The highest BCUT2D eigenvalue weighted by molar-refractivity contribution is 6.29. The Morgan fingerprint density at radius 1 is 1.41 bits per heavy atom. The van der Waals surface area contributed by atoms with Crippen molar-refractivity contribution in [2.24, 2.45) is 0 Å². The van der Waals surface area contributed by atoms with Crippen LogP contribution in [0.1, 0.15) is 20.8 Å². The third kappa shape index (κ3) is 4.75. The molecule has 1 aromatic rings. The Balaban J connectivity index is 2.58. The fourth-order valence-corrected chi connectivity index (χ4v) is 1.87. The molecule has 5 nitrogen and oxygen atoms in total. The topological polar surface area (TPSA) is 67.1 Å². The van der Waals surface area contributed by atoms with Gasteiger partial charge in [0.25, 0.3) is 0 Å². The highest BCUT2D eigenvalue weighted by atomic mass is 35.5. The maximum atomic E-state index is 5.81. The molecule has 96 valence electrons. The molecule has 0 aliphatic rings. The van der Waals surface area contributed by atoms with Crippen molar-refractivity contribution in [1.82, 2.24) is 14.9 Å². The van der Waals surface area contributed by atoms with Gasteiger partial charge >= 0.3 is 0 Å². The molecule has 0 spiro atoms. The fourth-order valence-electron chi connectivity index (χ4n) is 1.68. The summed E-state index contributed by atoms with van der Waals surface area (Å²) in [4.78, 5) is 10.2. The molecule has 17 heavy (non-hydrogen) atoms. The standard InChI is InChI=1S/C11H20ClN5/c1-4-17(5-2)7-8(3)14-10-6-9(12)15-11(13)16-10/h6,8H,4-5,7H2,1-3H3,(H3,13,14,15,16). The molecule has 6 heteroatoms. The molecule has 0 radical (unpaired) electrons. The SMILES string of the molecule is CCN(CC)CC(C)Nc1cc(Cl)nc(N)n1. The van der Waals surface area contributed by atoms with E-state index in [0.717, 1.165) is 19.6 Å². The number of halogens is 1. The summed E-state index contributed by atoms with van der Waals surface area (Å²) in [7, 11) is 0. The van der Waals surface area contributed by atoms with Gasteiger partial charge in [0.15, 0.2) is 0 Å². The number of nitrogens with one attached hydrogen (secondary N) is 1. The lowest BCUT2D eigenvalue weighted by Gasteiger charge is -2.23. The average Bonchev–Trinajstić information content (AvgIpc) is 2.24. The van der Waals surface area contributed by atoms with Crippen molar-refractivity contribution in [3.8, 4) is 0 Å². The number of nitrogens with two attached hydrogens (primary N) is 1. The highest BCUT2D eigenvalue weighted by Gasteiger charge is 2.08. The van der Waals surface area contributed by atoms with Crippen LogP contribution in [0.2, 0.25) is 5.15 Å². The van der Waals surface area contributed by atoms with Crippen LogP contribution in [0, 0.1) is 0 Å². The third-order valence-corrected chi connectivity index (χ3v) is 2.73. The van der Waals surface area contributed by atoms with E-state index < -0.39 is 0 Å². The van der Waals surface area contributed by atoms with E-state index in [4.69, 9.17) is 17.3 Å². The van der Waals surface area contributed by atoms with Crippen LogP contribution in [-0.2, 0) is 0 Å². The van der Waals surface area contributed by atoms with Gasteiger partial charge in [-0.05, 0) is 20.0 Å². The minimum Gasteiger partial charge on any atom is -0.368 e. The normalized spacial score (nSPS) is 12.8. The summed E-state index contributed by atoms with van der Waals surface area (Å²) in [6.07, 6.45) is 0. The van der Waals surface area contributed by atoms with Gasteiger partial charge in [0.2, 0.25) is 5.95 Å². The summed E-state index contributed by atoms with van der Waals surface area (Å²) in [6.45, 7) is 9.43. The molecule has 3 N–H and O–H groups in total. The molecule has 1 heterocycles.